The highest BCUT2D eigenvalue weighted by molar-refractivity contribution is 8.15. The fourth-order valence-corrected chi connectivity index (χ4v) is 3.68. The summed E-state index contributed by atoms with van der Waals surface area (Å²) in [6.07, 6.45) is 4.25. The van der Waals surface area contributed by atoms with Crippen LogP contribution in [0.15, 0.2) is 59.6 Å². The molecule has 0 saturated carbocycles. The van der Waals surface area contributed by atoms with Crippen molar-refractivity contribution in [2.75, 3.05) is 0 Å². The molecule has 24 heavy (non-hydrogen) atoms. The van der Waals surface area contributed by atoms with Crippen LogP contribution in [0.25, 0.3) is 0 Å². The van der Waals surface area contributed by atoms with Crippen molar-refractivity contribution in [2.45, 2.75) is 37.9 Å². The second-order valence-electron chi connectivity index (χ2n) is 5.97. The van der Waals surface area contributed by atoms with E-state index in [0.717, 1.165) is 18.5 Å². The zero-order chi connectivity index (χ0) is 16.8. The molecule has 0 aliphatic carbocycles. The topological polar surface area (TPSA) is 41.5 Å². The summed E-state index contributed by atoms with van der Waals surface area (Å²) < 4.78 is 0. The van der Waals surface area contributed by atoms with Gasteiger partial charge in [-0.05, 0) is 42.5 Å². The zero-order valence-electron chi connectivity index (χ0n) is 13.9. The number of amidine groups is 1. The molecular formula is C20H22N2OS. The molecule has 0 bridgehead atoms. The number of nitrogens with one attached hydrogen (secondary N) is 1. The van der Waals surface area contributed by atoms with Crippen molar-refractivity contribution >= 4 is 28.5 Å². The smallest absolute Gasteiger partial charge is 0.239 e. The highest BCUT2D eigenvalue weighted by Crippen LogP contribution is 2.26. The average molecular weight is 338 g/mol. The largest absolute Gasteiger partial charge is 0.304 e. The minimum Gasteiger partial charge on any atom is -0.304 e. The molecule has 1 aliphatic rings. The molecule has 1 N–H and O–H groups in total. The number of rotatable bonds is 6. The Morgan fingerprint density at radius 1 is 1.04 bits per heavy atom. The van der Waals surface area contributed by atoms with Crippen molar-refractivity contribution in [1.82, 2.24) is 5.32 Å². The van der Waals surface area contributed by atoms with Gasteiger partial charge >= 0.3 is 0 Å². The number of hydrogen-bond donors (Lipinski definition) is 1. The second kappa shape index (κ2) is 8.15. The number of hydrogen-bond acceptors (Lipinski definition) is 3. The van der Waals surface area contributed by atoms with Crippen LogP contribution in [0.5, 0.6) is 0 Å². The number of unbranched alkanes of at least 4 members (excludes halogenated alkanes) is 1. The molecule has 0 spiro atoms. The van der Waals surface area contributed by atoms with E-state index in [9.17, 15) is 4.79 Å². The summed E-state index contributed by atoms with van der Waals surface area (Å²) in [5.74, 6) is 0.0437. The Morgan fingerprint density at radius 2 is 1.79 bits per heavy atom. The molecule has 3 nitrogen and oxygen atoms in total. The molecule has 1 heterocycles. The van der Waals surface area contributed by atoms with Gasteiger partial charge in [0.2, 0.25) is 5.91 Å². The van der Waals surface area contributed by atoms with Crippen LogP contribution in [0.4, 0.5) is 5.69 Å². The van der Waals surface area contributed by atoms with Gasteiger partial charge in [0.05, 0.1) is 10.9 Å². The number of thioether (sulfide) groups is 1. The van der Waals surface area contributed by atoms with Gasteiger partial charge in [0.15, 0.2) is 5.17 Å². The molecule has 0 radical (unpaired) electrons. The molecular weight excluding hydrogens is 316 g/mol. The lowest BCUT2D eigenvalue weighted by Crippen LogP contribution is -2.25. The minimum absolute atomic E-state index is 0.0437. The number of aliphatic imine (C=N–C) groups is 1. The van der Waals surface area contributed by atoms with Crippen LogP contribution < -0.4 is 5.32 Å². The maximum Gasteiger partial charge on any atom is 0.239 e. The van der Waals surface area contributed by atoms with Crippen molar-refractivity contribution in [2.24, 2.45) is 4.99 Å². The monoisotopic (exact) mass is 338 g/mol. The molecule has 4 heteroatoms. The molecule has 1 aliphatic heterocycles. The minimum atomic E-state index is -0.102. The van der Waals surface area contributed by atoms with Gasteiger partial charge in [-0.25, -0.2) is 4.99 Å². The number of aryl methyl sites for hydroxylation is 1. The Balaban J connectivity index is 1.63. The first-order valence-electron chi connectivity index (χ1n) is 8.43. The highest BCUT2D eigenvalue weighted by atomic mass is 32.2. The first-order valence-corrected chi connectivity index (χ1v) is 9.31. The van der Waals surface area contributed by atoms with E-state index < -0.39 is 0 Å². The summed E-state index contributed by atoms with van der Waals surface area (Å²) in [7, 11) is 0. The summed E-state index contributed by atoms with van der Waals surface area (Å²) in [6, 6.07) is 18.4. The number of benzene rings is 2. The van der Waals surface area contributed by atoms with Gasteiger partial charge < -0.3 is 5.32 Å². The van der Waals surface area contributed by atoms with Crippen molar-refractivity contribution in [3.63, 3.8) is 0 Å². The first kappa shape index (κ1) is 16.8. The Kier molecular flexibility index (Phi) is 5.70. The van der Waals surface area contributed by atoms with Crippen LogP contribution >= 0.6 is 11.8 Å². The molecule has 1 atom stereocenters. The van der Waals surface area contributed by atoms with Gasteiger partial charge in [-0.3, -0.25) is 4.79 Å². The van der Waals surface area contributed by atoms with E-state index in [-0.39, 0.29) is 11.2 Å². The van der Waals surface area contributed by atoms with Crippen LogP contribution in [0.3, 0.4) is 0 Å². The molecule has 0 aromatic heterocycles. The second-order valence-corrected chi connectivity index (χ2v) is 7.16. The molecule has 1 amide bonds. The third-order valence-electron chi connectivity index (χ3n) is 4.03. The van der Waals surface area contributed by atoms with Gasteiger partial charge in [0.25, 0.3) is 0 Å². The Labute approximate surface area is 147 Å². The quantitative estimate of drug-likeness (QED) is 0.843. The van der Waals surface area contributed by atoms with E-state index in [1.165, 1.54) is 35.7 Å². The molecule has 2 aromatic rings. The first-order chi connectivity index (χ1) is 11.7. The molecule has 1 fully saturated rings. The molecule has 0 unspecified atom stereocenters. The maximum absolute atomic E-state index is 12.1. The van der Waals surface area contributed by atoms with E-state index in [1.807, 2.05) is 30.3 Å². The molecule has 1 saturated heterocycles. The lowest BCUT2D eigenvalue weighted by molar-refractivity contribution is -0.118. The molecule has 3 rings (SSSR count). The molecule has 124 valence electrons. The van der Waals surface area contributed by atoms with Crippen molar-refractivity contribution in [3.05, 3.63) is 65.7 Å². The molecule has 2 aromatic carbocycles. The Bertz CT molecular complexity index is 710. The van der Waals surface area contributed by atoms with Crippen LogP contribution in [-0.2, 0) is 17.6 Å². The zero-order valence-corrected chi connectivity index (χ0v) is 14.7. The SMILES string of the molecule is CCCCc1ccc(N=C2NC(=O)[C@H](Cc3ccccc3)S2)cc1. The Morgan fingerprint density at radius 3 is 2.50 bits per heavy atom. The van der Waals surface area contributed by atoms with Gasteiger partial charge in [-0.1, -0.05) is 67.6 Å². The van der Waals surface area contributed by atoms with Gasteiger partial charge in [-0.15, -0.1) is 0 Å². The maximum atomic E-state index is 12.1. The fraction of sp³-hybridized carbons (Fsp3) is 0.300. The third-order valence-corrected chi connectivity index (χ3v) is 5.11. The number of carbonyl (C=O) groups excluding carboxylic acids is 1. The summed E-state index contributed by atoms with van der Waals surface area (Å²) in [5.41, 5.74) is 3.40. The van der Waals surface area contributed by atoms with Crippen LogP contribution in [-0.4, -0.2) is 16.3 Å². The normalized spacial score (nSPS) is 18.8. The van der Waals surface area contributed by atoms with Gasteiger partial charge in [0.1, 0.15) is 0 Å². The van der Waals surface area contributed by atoms with Crippen molar-refractivity contribution in [3.8, 4) is 0 Å². The number of amides is 1. The van der Waals surface area contributed by atoms with E-state index >= 15 is 0 Å². The van der Waals surface area contributed by atoms with E-state index in [2.05, 4.69) is 41.5 Å². The Hall–Kier alpha value is -2.07. The predicted octanol–water partition coefficient (Wildman–Crippen LogP) is 4.49. The average Bonchev–Trinajstić information content (AvgIpc) is 2.94. The fourth-order valence-electron chi connectivity index (χ4n) is 2.66. The summed E-state index contributed by atoms with van der Waals surface area (Å²) >= 11 is 1.52. The summed E-state index contributed by atoms with van der Waals surface area (Å²) in [6.45, 7) is 2.20. The lowest BCUT2D eigenvalue weighted by atomic mass is 10.1. The predicted molar refractivity (Wildman–Crippen MR) is 102 cm³/mol. The van der Waals surface area contributed by atoms with Crippen LogP contribution in [0.2, 0.25) is 0 Å². The highest BCUT2D eigenvalue weighted by Gasteiger charge is 2.30. The standard InChI is InChI=1S/C20H22N2OS/c1-2-3-7-15-10-12-17(13-11-15)21-20-22-19(23)18(24-20)14-16-8-5-4-6-9-16/h4-6,8-13,18H,2-3,7,14H2,1H3,(H,21,22,23)/t18-/m0/s1. The van der Waals surface area contributed by atoms with E-state index in [1.54, 1.807) is 0 Å². The van der Waals surface area contributed by atoms with Crippen molar-refractivity contribution in [1.29, 1.82) is 0 Å². The number of nitrogens with zero attached hydrogens (tertiary/aromatic N) is 1. The van der Waals surface area contributed by atoms with Crippen LogP contribution in [0, 0.1) is 0 Å². The van der Waals surface area contributed by atoms with Crippen molar-refractivity contribution < 1.29 is 4.79 Å². The number of carbonyl (C=O) groups is 1. The van der Waals surface area contributed by atoms with Gasteiger partial charge in [0, 0.05) is 0 Å². The van der Waals surface area contributed by atoms with E-state index in [4.69, 9.17) is 0 Å². The summed E-state index contributed by atoms with van der Waals surface area (Å²) in [4.78, 5) is 16.7. The van der Waals surface area contributed by atoms with Gasteiger partial charge in [-0.2, -0.15) is 0 Å². The lowest BCUT2D eigenvalue weighted by Gasteiger charge is -2.04. The van der Waals surface area contributed by atoms with Crippen LogP contribution in [0.1, 0.15) is 30.9 Å². The summed E-state index contributed by atoms with van der Waals surface area (Å²) in [5, 5.41) is 3.49. The third kappa shape index (κ3) is 4.48. The van der Waals surface area contributed by atoms with E-state index in [0.29, 0.717) is 5.17 Å².